The third kappa shape index (κ3) is 25.5. The third-order valence-corrected chi connectivity index (χ3v) is 0.704. The molecule has 10 heavy (non-hydrogen) atoms. The van der Waals surface area contributed by atoms with Gasteiger partial charge < -0.3 is 0 Å². The highest BCUT2D eigenvalue weighted by Crippen LogP contribution is 1.55. The van der Waals surface area contributed by atoms with Gasteiger partial charge in [0.25, 0.3) is 0 Å². The smallest absolute Gasteiger partial charge is 0.0584 e. The first-order valence-corrected chi connectivity index (χ1v) is 3.72. The van der Waals surface area contributed by atoms with Crippen LogP contribution in [0.1, 0.15) is 13.8 Å². The lowest BCUT2D eigenvalue weighted by atomic mass is 10.8. The predicted octanol–water partition coefficient (Wildman–Crippen LogP) is 2.22. The molecule has 0 aromatic carbocycles. The summed E-state index contributed by atoms with van der Waals surface area (Å²) >= 11 is 8.47. The molecular weight excluding hydrogens is 164 g/mol. The van der Waals surface area contributed by atoms with Crippen molar-refractivity contribution in [3.05, 3.63) is 0 Å². The fourth-order valence-electron chi connectivity index (χ4n) is 0.129. The number of thiocarbonyl (C=S) groups is 2. The molecule has 0 saturated heterocycles. The Kier molecular flexibility index (Phi) is 19.5. The average molecular weight is 174 g/mol. The van der Waals surface area contributed by atoms with Crippen molar-refractivity contribution < 1.29 is 0 Å². The van der Waals surface area contributed by atoms with Gasteiger partial charge in [-0.2, -0.15) is 0 Å². The van der Waals surface area contributed by atoms with E-state index in [-0.39, 0.29) is 0 Å². The van der Waals surface area contributed by atoms with Crippen LogP contribution in [0, 0.1) is 0 Å². The Bertz CT molecular complexity index is 126. The lowest BCUT2D eigenvalue weighted by Gasteiger charge is -1.60. The molecule has 0 N–H and O–H groups in total. The maximum atomic E-state index is 4.23. The Hall–Kier alpha value is -0.400. The van der Waals surface area contributed by atoms with E-state index in [1.165, 1.54) is 0 Å². The highest BCUT2D eigenvalue weighted by molar-refractivity contribution is 7.78. The minimum absolute atomic E-state index is 0.753. The summed E-state index contributed by atoms with van der Waals surface area (Å²) in [6.07, 6.45) is 0. The van der Waals surface area contributed by atoms with E-state index < -0.39 is 0 Å². The molecule has 0 saturated carbocycles. The molecule has 4 heteroatoms. The summed E-state index contributed by atoms with van der Waals surface area (Å²) in [5.74, 6) is 0. The van der Waals surface area contributed by atoms with Crippen molar-refractivity contribution in [3.8, 4) is 0 Å². The van der Waals surface area contributed by atoms with Crippen LogP contribution >= 0.6 is 24.4 Å². The second kappa shape index (κ2) is 15.8. The molecular formula is C6H10N2S2. The van der Waals surface area contributed by atoms with E-state index in [9.17, 15) is 0 Å². The monoisotopic (exact) mass is 174 g/mol. The molecule has 0 aromatic rings. The molecule has 0 aliphatic carbocycles. The van der Waals surface area contributed by atoms with Crippen molar-refractivity contribution in [1.29, 1.82) is 0 Å². The lowest BCUT2D eigenvalue weighted by molar-refractivity contribution is 1.15. The van der Waals surface area contributed by atoms with Gasteiger partial charge in [0.15, 0.2) is 0 Å². The van der Waals surface area contributed by atoms with Gasteiger partial charge in [-0.25, -0.2) is 9.98 Å². The fraction of sp³-hybridized carbons (Fsp3) is 0.667. The largest absolute Gasteiger partial charge is 0.233 e. The molecule has 0 fully saturated rings. The van der Waals surface area contributed by atoms with Crippen LogP contribution in [0.3, 0.4) is 0 Å². The van der Waals surface area contributed by atoms with Crippen molar-refractivity contribution >= 4 is 34.8 Å². The highest BCUT2D eigenvalue weighted by Gasteiger charge is 1.49. The molecule has 0 unspecified atom stereocenters. The van der Waals surface area contributed by atoms with Gasteiger partial charge in [-0.05, 0) is 38.3 Å². The summed E-state index contributed by atoms with van der Waals surface area (Å²) in [4.78, 5) is 7.07. The first-order valence-electron chi connectivity index (χ1n) is 2.90. The van der Waals surface area contributed by atoms with E-state index >= 15 is 0 Å². The third-order valence-electron chi connectivity index (χ3n) is 0.445. The van der Waals surface area contributed by atoms with Gasteiger partial charge in [0.2, 0.25) is 0 Å². The average Bonchev–Trinajstić information content (AvgIpc) is 1.93. The van der Waals surface area contributed by atoms with Crippen molar-refractivity contribution in [1.82, 2.24) is 0 Å². The van der Waals surface area contributed by atoms with Crippen molar-refractivity contribution in [2.45, 2.75) is 13.8 Å². The zero-order valence-electron chi connectivity index (χ0n) is 6.13. The summed E-state index contributed by atoms with van der Waals surface area (Å²) in [5, 5.41) is 4.45. The molecule has 0 heterocycles. The number of aliphatic imine (C=N–C) groups is 2. The molecule has 0 bridgehead atoms. The first kappa shape index (κ1) is 12.3. The maximum absolute atomic E-state index is 4.23. The van der Waals surface area contributed by atoms with Gasteiger partial charge in [-0.1, -0.05) is 0 Å². The molecule has 0 rings (SSSR count). The number of hydrogen-bond donors (Lipinski definition) is 0. The first-order chi connectivity index (χ1) is 4.83. The lowest BCUT2D eigenvalue weighted by Crippen LogP contribution is -1.57. The Balaban J connectivity index is 0. The molecule has 0 aliphatic heterocycles. The van der Waals surface area contributed by atoms with Gasteiger partial charge in [0.05, 0.1) is 10.3 Å². The molecule has 2 nitrogen and oxygen atoms in total. The summed E-state index contributed by atoms with van der Waals surface area (Å²) in [6.45, 7) is 5.34. The SMILES string of the molecule is CCN=C=S.CCN=C=S. The van der Waals surface area contributed by atoms with Crippen LogP contribution in [-0.2, 0) is 0 Å². The van der Waals surface area contributed by atoms with E-state index in [0.717, 1.165) is 13.1 Å². The van der Waals surface area contributed by atoms with E-state index in [1.54, 1.807) is 0 Å². The Morgan fingerprint density at radius 1 is 1.00 bits per heavy atom. The number of rotatable bonds is 2. The Labute approximate surface area is 72.1 Å². The van der Waals surface area contributed by atoms with Crippen LogP contribution in [0.5, 0.6) is 0 Å². The summed E-state index contributed by atoms with van der Waals surface area (Å²) in [5.41, 5.74) is 0. The van der Waals surface area contributed by atoms with Gasteiger partial charge >= 0.3 is 0 Å². The molecule has 56 valence electrons. The van der Waals surface area contributed by atoms with E-state index in [1.807, 2.05) is 13.8 Å². The van der Waals surface area contributed by atoms with Crippen LogP contribution in [-0.4, -0.2) is 23.4 Å². The maximum Gasteiger partial charge on any atom is 0.0584 e. The number of nitrogens with zero attached hydrogens (tertiary/aromatic N) is 2. The van der Waals surface area contributed by atoms with E-state index in [2.05, 4.69) is 44.7 Å². The van der Waals surface area contributed by atoms with E-state index in [0.29, 0.717) is 0 Å². The minimum atomic E-state index is 0.753. The normalized spacial score (nSPS) is 5.80. The highest BCUT2D eigenvalue weighted by atomic mass is 32.1. The van der Waals surface area contributed by atoms with Crippen molar-refractivity contribution in [2.24, 2.45) is 9.98 Å². The van der Waals surface area contributed by atoms with Crippen LogP contribution in [0.25, 0.3) is 0 Å². The topological polar surface area (TPSA) is 24.7 Å². The Morgan fingerprint density at radius 2 is 1.30 bits per heavy atom. The zero-order valence-corrected chi connectivity index (χ0v) is 7.76. The molecule has 0 radical (unpaired) electrons. The van der Waals surface area contributed by atoms with Crippen molar-refractivity contribution in [3.63, 3.8) is 0 Å². The molecule has 0 atom stereocenters. The van der Waals surface area contributed by atoms with Gasteiger partial charge in [0, 0.05) is 13.1 Å². The summed E-state index contributed by atoms with van der Waals surface area (Å²) in [7, 11) is 0. The number of isothiocyanates is 2. The summed E-state index contributed by atoms with van der Waals surface area (Å²) < 4.78 is 0. The van der Waals surface area contributed by atoms with Gasteiger partial charge in [0.1, 0.15) is 0 Å². The fourth-order valence-corrected chi connectivity index (χ4v) is 0.387. The zero-order chi connectivity index (χ0) is 8.24. The minimum Gasteiger partial charge on any atom is -0.233 e. The number of hydrogen-bond acceptors (Lipinski definition) is 4. The summed E-state index contributed by atoms with van der Waals surface area (Å²) in [6, 6.07) is 0. The van der Waals surface area contributed by atoms with Crippen LogP contribution < -0.4 is 0 Å². The second-order valence-corrected chi connectivity index (χ2v) is 1.50. The van der Waals surface area contributed by atoms with E-state index in [4.69, 9.17) is 0 Å². The molecule has 0 amide bonds. The Morgan fingerprint density at radius 3 is 1.30 bits per heavy atom. The standard InChI is InChI=1S/2C3H5NS/c2*1-2-4-3-5/h2*2H2,1H3. The molecule has 0 aliphatic rings. The second-order valence-electron chi connectivity index (χ2n) is 1.13. The predicted molar refractivity (Wildman–Crippen MR) is 51.1 cm³/mol. The van der Waals surface area contributed by atoms with Gasteiger partial charge in [-0.3, -0.25) is 0 Å². The van der Waals surface area contributed by atoms with Crippen LogP contribution in [0.15, 0.2) is 9.98 Å². The molecule has 0 aromatic heterocycles. The molecule has 0 spiro atoms. The van der Waals surface area contributed by atoms with Crippen LogP contribution in [0.2, 0.25) is 0 Å². The quantitative estimate of drug-likeness (QED) is 0.473. The van der Waals surface area contributed by atoms with Gasteiger partial charge in [-0.15, -0.1) is 0 Å². The van der Waals surface area contributed by atoms with Crippen LogP contribution in [0.4, 0.5) is 0 Å². The van der Waals surface area contributed by atoms with Crippen molar-refractivity contribution in [2.75, 3.05) is 13.1 Å².